The monoisotopic (exact) mass is 279 g/mol. The Balaban J connectivity index is 2.21. The number of pyridine rings is 1. The molecule has 0 spiro atoms. The van der Waals surface area contributed by atoms with Crippen LogP contribution in [0.1, 0.15) is 13.8 Å². The molecule has 100 valence electrons. The lowest BCUT2D eigenvalue weighted by molar-refractivity contribution is -0.144. The van der Waals surface area contributed by atoms with Crippen LogP contribution in [-0.2, 0) is 14.3 Å². The molecule has 0 aromatic carbocycles. The zero-order valence-electron chi connectivity index (χ0n) is 10.5. The van der Waals surface area contributed by atoms with Crippen LogP contribution in [0.2, 0.25) is 0 Å². The van der Waals surface area contributed by atoms with Crippen molar-refractivity contribution < 1.29 is 14.3 Å². The summed E-state index contributed by atoms with van der Waals surface area (Å²) in [5, 5.41) is -0.398. The van der Waals surface area contributed by atoms with E-state index in [2.05, 4.69) is 15.0 Å². The van der Waals surface area contributed by atoms with Crippen LogP contribution in [-0.4, -0.2) is 38.6 Å². The number of hydrogen-bond donors (Lipinski definition) is 1. The highest BCUT2D eigenvalue weighted by molar-refractivity contribution is 8.01. The summed E-state index contributed by atoms with van der Waals surface area (Å²) in [6.45, 7) is 3.30. The number of thioether (sulfide) groups is 1. The first-order valence-corrected chi connectivity index (χ1v) is 6.63. The van der Waals surface area contributed by atoms with Gasteiger partial charge in [0, 0.05) is 6.20 Å². The summed E-state index contributed by atoms with van der Waals surface area (Å²) in [6.07, 6.45) is 3.27. The van der Waals surface area contributed by atoms with Crippen molar-refractivity contribution >= 4 is 34.5 Å². The predicted molar refractivity (Wildman–Crippen MR) is 70.8 cm³/mol. The average molecular weight is 279 g/mol. The Hall–Kier alpha value is -1.89. The van der Waals surface area contributed by atoms with E-state index in [0.717, 1.165) is 22.8 Å². The Morgan fingerprint density at radius 1 is 1.53 bits per heavy atom. The highest BCUT2D eigenvalue weighted by Crippen LogP contribution is 2.24. The van der Waals surface area contributed by atoms with Gasteiger partial charge in [-0.15, -0.1) is 0 Å². The third kappa shape index (κ3) is 3.11. The van der Waals surface area contributed by atoms with Gasteiger partial charge in [-0.2, -0.15) is 0 Å². The minimum atomic E-state index is -0.895. The first kappa shape index (κ1) is 13.5. The van der Waals surface area contributed by atoms with Crippen LogP contribution in [0, 0.1) is 0 Å². The van der Waals surface area contributed by atoms with Crippen LogP contribution >= 0.6 is 11.8 Å². The van der Waals surface area contributed by atoms with Crippen LogP contribution < -0.4 is 0 Å². The number of H-pyrrole nitrogens is 1. The number of ketones is 1. The summed E-state index contributed by atoms with van der Waals surface area (Å²) in [6, 6.07) is 1.75. The Morgan fingerprint density at radius 3 is 2.95 bits per heavy atom. The molecule has 1 unspecified atom stereocenters. The van der Waals surface area contributed by atoms with E-state index in [4.69, 9.17) is 4.74 Å². The second-order valence-electron chi connectivity index (χ2n) is 3.80. The maximum Gasteiger partial charge on any atom is 0.327 e. The van der Waals surface area contributed by atoms with Crippen molar-refractivity contribution in [1.82, 2.24) is 15.0 Å². The van der Waals surface area contributed by atoms with Gasteiger partial charge in [0.2, 0.25) is 0 Å². The van der Waals surface area contributed by atoms with E-state index in [1.165, 1.54) is 6.92 Å². The molecule has 2 aromatic heterocycles. The van der Waals surface area contributed by atoms with Gasteiger partial charge in [-0.1, -0.05) is 11.8 Å². The number of carbonyl (C=O) groups excluding carboxylic acids is 2. The fraction of sp³-hybridized carbons (Fsp3) is 0.333. The number of imidazole rings is 1. The summed E-state index contributed by atoms with van der Waals surface area (Å²) >= 11 is 1.05. The number of nitrogens with one attached hydrogen (secondary N) is 1. The summed E-state index contributed by atoms with van der Waals surface area (Å²) in [4.78, 5) is 34.4. The smallest absolute Gasteiger partial charge is 0.327 e. The molecule has 2 aromatic rings. The highest BCUT2D eigenvalue weighted by atomic mass is 32.2. The van der Waals surface area contributed by atoms with Gasteiger partial charge in [-0.3, -0.25) is 14.6 Å². The molecule has 0 aliphatic heterocycles. The molecule has 0 saturated carbocycles. The van der Waals surface area contributed by atoms with E-state index in [1.54, 1.807) is 25.4 Å². The Morgan fingerprint density at radius 2 is 2.32 bits per heavy atom. The number of aromatic amines is 1. The number of fused-ring (bicyclic) bond motifs is 1. The molecule has 0 radical (unpaired) electrons. The molecule has 7 heteroatoms. The molecule has 2 heterocycles. The summed E-state index contributed by atoms with van der Waals surface area (Å²) in [5.74, 6) is -0.805. The van der Waals surface area contributed by atoms with E-state index in [-0.39, 0.29) is 12.4 Å². The number of rotatable bonds is 5. The number of Topliss-reactive ketones (excluding diaryl/α,β-unsaturated/α-hetero) is 1. The molecule has 0 fully saturated rings. The zero-order chi connectivity index (χ0) is 13.8. The predicted octanol–water partition coefficient (Wildman–Crippen LogP) is 1.57. The van der Waals surface area contributed by atoms with Crippen molar-refractivity contribution in [2.75, 3.05) is 6.61 Å². The van der Waals surface area contributed by atoms with Crippen molar-refractivity contribution in [3.8, 4) is 0 Å². The average Bonchev–Trinajstić information content (AvgIpc) is 2.78. The van der Waals surface area contributed by atoms with Crippen molar-refractivity contribution in [2.24, 2.45) is 0 Å². The van der Waals surface area contributed by atoms with Gasteiger partial charge in [0.25, 0.3) is 0 Å². The molecule has 6 nitrogen and oxygen atoms in total. The Kier molecular flexibility index (Phi) is 4.16. The molecule has 0 amide bonds. The van der Waals surface area contributed by atoms with Crippen molar-refractivity contribution in [1.29, 1.82) is 0 Å². The Bertz CT molecular complexity index is 578. The third-order valence-corrected chi connectivity index (χ3v) is 3.54. The molecular weight excluding hydrogens is 266 g/mol. The molecule has 0 bridgehead atoms. The summed E-state index contributed by atoms with van der Waals surface area (Å²) in [5.41, 5.74) is 1.50. The minimum absolute atomic E-state index is 0.243. The van der Waals surface area contributed by atoms with Crippen molar-refractivity contribution in [3.05, 3.63) is 18.5 Å². The molecule has 2 rings (SSSR count). The normalized spacial score (nSPS) is 12.3. The van der Waals surface area contributed by atoms with Gasteiger partial charge in [0.05, 0.1) is 23.8 Å². The van der Waals surface area contributed by atoms with E-state index in [1.807, 2.05) is 0 Å². The fourth-order valence-electron chi connectivity index (χ4n) is 1.52. The lowest BCUT2D eigenvalue weighted by Gasteiger charge is -2.09. The van der Waals surface area contributed by atoms with Crippen LogP contribution in [0.5, 0.6) is 0 Å². The van der Waals surface area contributed by atoms with E-state index in [9.17, 15) is 9.59 Å². The number of carbonyl (C=O) groups is 2. The van der Waals surface area contributed by atoms with Gasteiger partial charge in [-0.05, 0) is 19.9 Å². The summed E-state index contributed by atoms with van der Waals surface area (Å²) < 4.78 is 4.88. The van der Waals surface area contributed by atoms with Gasteiger partial charge >= 0.3 is 5.97 Å². The van der Waals surface area contributed by atoms with Crippen LogP contribution in [0.25, 0.3) is 11.0 Å². The third-order valence-electron chi connectivity index (χ3n) is 2.36. The molecule has 1 atom stereocenters. The highest BCUT2D eigenvalue weighted by Gasteiger charge is 2.27. The first-order valence-electron chi connectivity index (χ1n) is 5.75. The van der Waals surface area contributed by atoms with Crippen molar-refractivity contribution in [3.63, 3.8) is 0 Å². The first-order chi connectivity index (χ1) is 9.11. The van der Waals surface area contributed by atoms with Crippen LogP contribution in [0.4, 0.5) is 0 Å². The molecule has 0 aliphatic rings. The quantitative estimate of drug-likeness (QED) is 0.508. The largest absolute Gasteiger partial charge is 0.465 e. The molecule has 0 saturated heterocycles. The lowest BCUT2D eigenvalue weighted by atomic mass is 10.3. The summed E-state index contributed by atoms with van der Waals surface area (Å²) in [7, 11) is 0. The fourth-order valence-corrected chi connectivity index (χ4v) is 2.39. The lowest BCUT2D eigenvalue weighted by Crippen LogP contribution is -2.27. The number of ether oxygens (including phenoxy) is 1. The van der Waals surface area contributed by atoms with Gasteiger partial charge in [0.15, 0.2) is 16.2 Å². The Labute approximate surface area is 114 Å². The number of nitrogens with zero attached hydrogens (tertiary/aromatic N) is 2. The molecular formula is C12H13N3O3S. The van der Waals surface area contributed by atoms with E-state index in [0.29, 0.717) is 5.16 Å². The number of aromatic nitrogens is 3. The second kappa shape index (κ2) is 5.83. The van der Waals surface area contributed by atoms with Crippen LogP contribution in [0.15, 0.2) is 23.6 Å². The molecule has 0 aliphatic carbocycles. The number of esters is 1. The maximum atomic E-state index is 11.7. The maximum absolute atomic E-state index is 11.7. The minimum Gasteiger partial charge on any atom is -0.465 e. The van der Waals surface area contributed by atoms with E-state index >= 15 is 0 Å². The van der Waals surface area contributed by atoms with E-state index < -0.39 is 11.2 Å². The van der Waals surface area contributed by atoms with Crippen molar-refractivity contribution in [2.45, 2.75) is 24.3 Å². The van der Waals surface area contributed by atoms with Gasteiger partial charge in [-0.25, -0.2) is 4.98 Å². The number of hydrogen-bond acceptors (Lipinski definition) is 6. The van der Waals surface area contributed by atoms with Crippen LogP contribution in [0.3, 0.4) is 0 Å². The van der Waals surface area contributed by atoms with Gasteiger partial charge in [0.1, 0.15) is 0 Å². The molecule has 1 N–H and O–H groups in total. The zero-order valence-corrected chi connectivity index (χ0v) is 11.4. The molecule has 19 heavy (non-hydrogen) atoms. The topological polar surface area (TPSA) is 84.9 Å². The SMILES string of the molecule is CCOC(=O)C(Sc1nc2ccncc2[nH]1)C(C)=O. The standard InChI is InChI=1S/C12H13N3O3S/c1-3-18-11(17)10(7(2)16)19-12-14-8-4-5-13-6-9(8)15-12/h4-6,10H,3H2,1-2H3,(H,14,15). The second-order valence-corrected chi connectivity index (χ2v) is 4.89. The van der Waals surface area contributed by atoms with Gasteiger partial charge < -0.3 is 9.72 Å².